The molecule has 2 amide bonds. The first kappa shape index (κ1) is 17.4. The van der Waals surface area contributed by atoms with E-state index in [-0.39, 0.29) is 22.4 Å². The Hall–Kier alpha value is -2.42. The van der Waals surface area contributed by atoms with Gasteiger partial charge in [0.25, 0.3) is 5.56 Å². The van der Waals surface area contributed by atoms with E-state index in [1.807, 2.05) is 0 Å². The maximum Gasteiger partial charge on any atom is 0.332 e. The number of hydrogen-bond acceptors (Lipinski definition) is 3. The van der Waals surface area contributed by atoms with Gasteiger partial charge < -0.3 is 5.32 Å². The van der Waals surface area contributed by atoms with E-state index < -0.39 is 29.1 Å². The minimum Gasteiger partial charge on any atom is -0.327 e. The number of hydrogen-bond donors (Lipinski definition) is 2. The van der Waals surface area contributed by atoms with Gasteiger partial charge in [-0.3, -0.25) is 19.2 Å². The van der Waals surface area contributed by atoms with E-state index in [1.54, 1.807) is 13.8 Å². The van der Waals surface area contributed by atoms with Gasteiger partial charge in [-0.2, -0.15) is 0 Å². The Labute approximate surface area is 150 Å². The van der Waals surface area contributed by atoms with Gasteiger partial charge in [0.1, 0.15) is 11.6 Å². The van der Waals surface area contributed by atoms with Crippen molar-refractivity contribution in [1.82, 2.24) is 14.5 Å². The van der Waals surface area contributed by atoms with Crippen molar-refractivity contribution in [3.63, 3.8) is 0 Å². The molecular weight excluding hydrogens is 395 g/mol. The number of halogens is 2. The summed E-state index contributed by atoms with van der Waals surface area (Å²) in [5, 5.41) is 5.23. The number of urea groups is 1. The van der Waals surface area contributed by atoms with E-state index in [0.29, 0.717) is 12.1 Å². The molecule has 2 aromatic rings. The number of carbonyl (C=O) groups is 1. The van der Waals surface area contributed by atoms with Crippen molar-refractivity contribution in [2.24, 2.45) is 0 Å². The number of fused-ring (bicyclic) bond motifs is 1. The summed E-state index contributed by atoms with van der Waals surface area (Å²) >= 11 is 3.11. The van der Waals surface area contributed by atoms with Gasteiger partial charge >= 0.3 is 11.7 Å². The zero-order chi connectivity index (χ0) is 18.3. The van der Waals surface area contributed by atoms with Crippen LogP contribution in [0.25, 0.3) is 0 Å². The highest BCUT2D eigenvalue weighted by atomic mass is 79.9. The molecule has 2 N–H and O–H groups in total. The Morgan fingerprint density at radius 1 is 1.16 bits per heavy atom. The zero-order valence-corrected chi connectivity index (χ0v) is 15.2. The summed E-state index contributed by atoms with van der Waals surface area (Å²) in [4.78, 5) is 37.4. The van der Waals surface area contributed by atoms with Crippen molar-refractivity contribution >= 4 is 27.8 Å². The first-order valence-corrected chi connectivity index (χ1v) is 8.58. The summed E-state index contributed by atoms with van der Waals surface area (Å²) in [6.45, 7) is 3.96. The maximum atomic E-state index is 13.6. The second-order valence-corrected chi connectivity index (χ2v) is 6.40. The van der Waals surface area contributed by atoms with E-state index in [0.717, 1.165) is 4.57 Å². The van der Waals surface area contributed by atoms with Crippen LogP contribution in [-0.4, -0.2) is 15.2 Å². The predicted octanol–water partition coefficient (Wildman–Crippen LogP) is 2.18. The van der Waals surface area contributed by atoms with Crippen molar-refractivity contribution in [2.45, 2.75) is 33.0 Å². The topological polar surface area (TPSA) is 85.1 Å². The quantitative estimate of drug-likeness (QED) is 0.812. The molecule has 25 heavy (non-hydrogen) atoms. The van der Waals surface area contributed by atoms with Gasteiger partial charge in [0.15, 0.2) is 0 Å². The van der Waals surface area contributed by atoms with Gasteiger partial charge in [0.2, 0.25) is 0 Å². The normalized spacial score (nSPS) is 16.2. The number of anilines is 1. The van der Waals surface area contributed by atoms with E-state index in [4.69, 9.17) is 0 Å². The van der Waals surface area contributed by atoms with Gasteiger partial charge in [-0.15, -0.1) is 0 Å². The smallest absolute Gasteiger partial charge is 0.327 e. The van der Waals surface area contributed by atoms with E-state index in [1.165, 1.54) is 22.8 Å². The molecule has 1 aromatic carbocycles. The summed E-state index contributed by atoms with van der Waals surface area (Å²) in [5.41, 5.74) is -0.174. The fraction of sp³-hybridized carbons (Fsp3) is 0.312. The van der Waals surface area contributed by atoms with Gasteiger partial charge in [0, 0.05) is 13.1 Å². The lowest BCUT2D eigenvalue weighted by Crippen LogP contribution is -2.50. The number of rotatable bonds is 3. The molecule has 0 aliphatic carbocycles. The first-order chi connectivity index (χ1) is 11.9. The van der Waals surface area contributed by atoms with Crippen LogP contribution in [0, 0.1) is 5.82 Å². The number of nitrogens with zero attached hydrogens (tertiary/aromatic N) is 2. The highest BCUT2D eigenvalue weighted by Crippen LogP contribution is 2.30. The highest BCUT2D eigenvalue weighted by Gasteiger charge is 2.32. The van der Waals surface area contributed by atoms with Crippen LogP contribution in [0.3, 0.4) is 0 Å². The molecule has 1 aromatic heterocycles. The second-order valence-electron chi connectivity index (χ2n) is 5.54. The van der Waals surface area contributed by atoms with Crippen LogP contribution in [0.5, 0.6) is 0 Å². The molecule has 2 heterocycles. The van der Waals surface area contributed by atoms with Gasteiger partial charge in [-0.1, -0.05) is 6.07 Å². The molecule has 1 aliphatic heterocycles. The van der Waals surface area contributed by atoms with Crippen LogP contribution in [0.4, 0.5) is 15.0 Å². The Balaban J connectivity index is 2.33. The number of aromatic nitrogens is 2. The third-order valence-electron chi connectivity index (χ3n) is 4.17. The zero-order valence-electron chi connectivity index (χ0n) is 13.6. The summed E-state index contributed by atoms with van der Waals surface area (Å²) < 4.78 is 16.2. The van der Waals surface area contributed by atoms with Crippen LogP contribution < -0.4 is 21.9 Å². The molecule has 0 fully saturated rings. The Morgan fingerprint density at radius 3 is 2.44 bits per heavy atom. The summed E-state index contributed by atoms with van der Waals surface area (Å²) in [5.74, 6) is -0.273. The van der Waals surface area contributed by atoms with E-state index in [9.17, 15) is 18.8 Å². The van der Waals surface area contributed by atoms with Crippen LogP contribution >= 0.6 is 15.9 Å². The van der Waals surface area contributed by atoms with Gasteiger partial charge in [-0.25, -0.2) is 14.0 Å². The predicted molar refractivity (Wildman–Crippen MR) is 94.4 cm³/mol. The largest absolute Gasteiger partial charge is 0.332 e. The summed E-state index contributed by atoms with van der Waals surface area (Å²) in [6.07, 6.45) is 0. The molecule has 0 saturated heterocycles. The monoisotopic (exact) mass is 410 g/mol. The van der Waals surface area contributed by atoms with Crippen LogP contribution in [0.2, 0.25) is 0 Å². The molecule has 0 bridgehead atoms. The fourth-order valence-electron chi connectivity index (χ4n) is 2.98. The maximum absolute atomic E-state index is 13.6. The second kappa shape index (κ2) is 6.47. The number of benzene rings is 1. The number of amides is 2. The molecule has 0 radical (unpaired) electrons. The van der Waals surface area contributed by atoms with Crippen molar-refractivity contribution in [1.29, 1.82) is 0 Å². The SMILES string of the molecule is CCn1c2c(c(=O)n(CC)c1=O)C(c1ccc(F)c(Br)c1)NC(=O)N2. The average molecular weight is 411 g/mol. The van der Waals surface area contributed by atoms with Crippen molar-refractivity contribution in [3.8, 4) is 0 Å². The van der Waals surface area contributed by atoms with E-state index in [2.05, 4.69) is 26.6 Å². The molecule has 1 atom stereocenters. The molecule has 0 spiro atoms. The lowest BCUT2D eigenvalue weighted by Gasteiger charge is -2.29. The molecule has 0 saturated carbocycles. The van der Waals surface area contributed by atoms with Crippen LogP contribution in [0.1, 0.15) is 31.0 Å². The molecule has 1 unspecified atom stereocenters. The number of carbonyl (C=O) groups excluding carboxylic acids is 1. The lowest BCUT2D eigenvalue weighted by atomic mass is 9.98. The molecule has 9 heteroatoms. The minimum atomic E-state index is -0.788. The summed E-state index contributed by atoms with van der Waals surface area (Å²) in [7, 11) is 0. The Morgan fingerprint density at radius 2 is 1.84 bits per heavy atom. The minimum absolute atomic E-state index is 0.177. The van der Waals surface area contributed by atoms with Gasteiger partial charge in [-0.05, 0) is 47.5 Å². The van der Waals surface area contributed by atoms with Gasteiger partial charge in [0.05, 0.1) is 16.1 Å². The third kappa shape index (κ3) is 2.78. The molecule has 1 aliphatic rings. The lowest BCUT2D eigenvalue weighted by molar-refractivity contribution is 0.248. The number of nitrogens with one attached hydrogen (secondary N) is 2. The van der Waals surface area contributed by atoms with Crippen molar-refractivity contribution < 1.29 is 9.18 Å². The fourth-order valence-corrected chi connectivity index (χ4v) is 3.37. The van der Waals surface area contributed by atoms with Crippen LogP contribution in [0.15, 0.2) is 32.3 Å². The van der Waals surface area contributed by atoms with E-state index >= 15 is 0 Å². The van der Waals surface area contributed by atoms with Crippen LogP contribution in [-0.2, 0) is 13.1 Å². The van der Waals surface area contributed by atoms with Crippen molar-refractivity contribution in [2.75, 3.05) is 5.32 Å². The summed E-state index contributed by atoms with van der Waals surface area (Å²) in [6, 6.07) is 2.93. The Bertz CT molecular complexity index is 983. The first-order valence-electron chi connectivity index (χ1n) is 7.79. The van der Waals surface area contributed by atoms with Crippen molar-refractivity contribution in [3.05, 3.63) is 60.5 Å². The molecular formula is C16H16BrFN4O3. The average Bonchev–Trinajstić information content (AvgIpc) is 2.57. The molecule has 132 valence electrons. The molecule has 3 rings (SSSR count). The Kier molecular flexibility index (Phi) is 4.51. The molecule has 7 nitrogen and oxygen atoms in total. The highest BCUT2D eigenvalue weighted by molar-refractivity contribution is 9.10. The third-order valence-corrected chi connectivity index (χ3v) is 4.78. The standard InChI is InChI=1S/C16H16BrFN4O3/c1-3-21-13-11(14(23)22(4-2)16(21)25)12(19-15(24)20-13)8-5-6-10(18)9(17)7-8/h5-7,12H,3-4H2,1-2H3,(H2,19,20,24).